The second-order valence-electron chi connectivity index (χ2n) is 7.92. The lowest BCUT2D eigenvalue weighted by Gasteiger charge is -2.26. The number of benzene rings is 2. The van der Waals surface area contributed by atoms with Crippen molar-refractivity contribution in [2.24, 2.45) is 5.92 Å². The van der Waals surface area contributed by atoms with Crippen molar-refractivity contribution in [3.8, 4) is 11.5 Å². The van der Waals surface area contributed by atoms with Gasteiger partial charge in [-0.25, -0.2) is 4.79 Å². The number of carbonyl (C=O) groups is 2. The Kier molecular flexibility index (Phi) is 6.82. The Morgan fingerprint density at radius 3 is 2.70 bits per heavy atom. The summed E-state index contributed by atoms with van der Waals surface area (Å²) < 4.78 is 11.0. The van der Waals surface area contributed by atoms with Gasteiger partial charge in [-0.2, -0.15) is 0 Å². The number of anilines is 1. The van der Waals surface area contributed by atoms with Crippen molar-refractivity contribution in [3.63, 3.8) is 0 Å². The number of nitrogens with one attached hydrogen (secondary N) is 3. The molecule has 0 radical (unpaired) electrons. The molecule has 2 aromatic carbocycles. The van der Waals surface area contributed by atoms with Crippen molar-refractivity contribution in [2.45, 2.75) is 33.2 Å². The fraction of sp³-hybridized carbons (Fsp3) is 0.391. The Hall–Kier alpha value is -3.22. The number of fused-ring (bicyclic) bond motifs is 1. The average Bonchev–Trinajstić information content (AvgIpc) is 2.72. The minimum Gasteiger partial charge on any atom is -0.497 e. The van der Waals surface area contributed by atoms with E-state index < -0.39 is 0 Å². The highest BCUT2D eigenvalue weighted by Crippen LogP contribution is 2.29. The fourth-order valence-corrected chi connectivity index (χ4v) is 3.26. The zero-order valence-electron chi connectivity index (χ0n) is 17.9. The average molecular weight is 412 g/mol. The third kappa shape index (κ3) is 5.43. The molecular weight excluding hydrogens is 382 g/mol. The van der Waals surface area contributed by atoms with E-state index in [1.165, 1.54) is 0 Å². The highest BCUT2D eigenvalue weighted by molar-refractivity contribution is 5.96. The van der Waals surface area contributed by atoms with Gasteiger partial charge in [-0.3, -0.25) is 4.79 Å². The maximum Gasteiger partial charge on any atom is 0.319 e. The second kappa shape index (κ2) is 9.52. The molecule has 1 atom stereocenters. The molecule has 0 spiro atoms. The molecule has 1 unspecified atom stereocenters. The lowest BCUT2D eigenvalue weighted by Crippen LogP contribution is -2.44. The standard InChI is InChI=1S/C23H29N3O4/c1-14(2)12-24-22(27)17-6-8-20(15(3)9-17)26-23(28)25-18-10-16-5-7-19(29-4)11-21(16)30-13-18/h5-9,11,14,18H,10,12-13H2,1-4H3,(H,24,27)(H2,25,26,28). The first-order valence-electron chi connectivity index (χ1n) is 10.1. The first-order chi connectivity index (χ1) is 14.4. The number of carbonyl (C=O) groups excluding carboxylic acids is 2. The van der Waals surface area contributed by atoms with Gasteiger partial charge in [0.25, 0.3) is 5.91 Å². The van der Waals surface area contributed by atoms with Crippen LogP contribution in [-0.4, -0.2) is 38.2 Å². The molecule has 1 aliphatic rings. The van der Waals surface area contributed by atoms with Crippen molar-refractivity contribution in [2.75, 3.05) is 25.6 Å². The van der Waals surface area contributed by atoms with E-state index in [0.29, 0.717) is 36.7 Å². The van der Waals surface area contributed by atoms with Crippen molar-refractivity contribution >= 4 is 17.6 Å². The molecule has 0 aliphatic carbocycles. The predicted octanol–water partition coefficient (Wildman–Crippen LogP) is 3.51. The minimum atomic E-state index is -0.305. The van der Waals surface area contributed by atoms with Gasteiger partial charge < -0.3 is 25.4 Å². The second-order valence-corrected chi connectivity index (χ2v) is 7.92. The largest absolute Gasteiger partial charge is 0.497 e. The summed E-state index contributed by atoms with van der Waals surface area (Å²) in [7, 11) is 1.62. The van der Waals surface area contributed by atoms with Crippen LogP contribution < -0.4 is 25.4 Å². The van der Waals surface area contributed by atoms with Crippen LogP contribution in [0, 0.1) is 12.8 Å². The molecular formula is C23H29N3O4. The number of rotatable bonds is 6. The Morgan fingerprint density at radius 1 is 1.20 bits per heavy atom. The lowest BCUT2D eigenvalue weighted by molar-refractivity contribution is 0.0949. The Labute approximate surface area is 177 Å². The van der Waals surface area contributed by atoms with E-state index >= 15 is 0 Å². The normalized spacial score (nSPS) is 15.0. The highest BCUT2D eigenvalue weighted by Gasteiger charge is 2.22. The molecule has 7 nitrogen and oxygen atoms in total. The Bertz CT molecular complexity index is 927. The van der Waals surface area contributed by atoms with Crippen LogP contribution in [-0.2, 0) is 6.42 Å². The third-order valence-electron chi connectivity index (χ3n) is 4.92. The first kappa shape index (κ1) is 21.5. The van der Waals surface area contributed by atoms with E-state index in [-0.39, 0.29) is 18.0 Å². The summed E-state index contributed by atoms with van der Waals surface area (Å²) in [5.74, 6) is 1.81. The SMILES string of the molecule is COc1ccc2c(c1)OCC(NC(=O)Nc1ccc(C(=O)NCC(C)C)cc1C)C2. The van der Waals surface area contributed by atoms with Crippen LogP contribution in [0.5, 0.6) is 11.5 Å². The number of hydrogen-bond donors (Lipinski definition) is 3. The molecule has 0 fully saturated rings. The van der Waals surface area contributed by atoms with Gasteiger partial charge >= 0.3 is 6.03 Å². The van der Waals surface area contributed by atoms with Gasteiger partial charge in [0.05, 0.1) is 13.2 Å². The molecule has 160 valence electrons. The zero-order valence-corrected chi connectivity index (χ0v) is 17.9. The highest BCUT2D eigenvalue weighted by atomic mass is 16.5. The van der Waals surface area contributed by atoms with Gasteiger partial charge in [0.15, 0.2) is 0 Å². The summed E-state index contributed by atoms with van der Waals surface area (Å²) in [6.07, 6.45) is 0.681. The smallest absolute Gasteiger partial charge is 0.319 e. The molecule has 30 heavy (non-hydrogen) atoms. The van der Waals surface area contributed by atoms with E-state index in [2.05, 4.69) is 16.0 Å². The van der Waals surface area contributed by atoms with Gasteiger partial charge in [-0.15, -0.1) is 0 Å². The fourth-order valence-electron chi connectivity index (χ4n) is 3.26. The van der Waals surface area contributed by atoms with Crippen LogP contribution in [0.15, 0.2) is 36.4 Å². The van der Waals surface area contributed by atoms with Crippen LogP contribution in [0.25, 0.3) is 0 Å². The van der Waals surface area contributed by atoms with Crippen molar-refractivity contribution < 1.29 is 19.1 Å². The molecule has 1 aliphatic heterocycles. The van der Waals surface area contributed by atoms with Gasteiger partial charge in [0.2, 0.25) is 0 Å². The quantitative estimate of drug-likeness (QED) is 0.679. The predicted molar refractivity (Wildman–Crippen MR) is 116 cm³/mol. The van der Waals surface area contributed by atoms with Crippen molar-refractivity contribution in [3.05, 3.63) is 53.1 Å². The molecule has 0 saturated carbocycles. The van der Waals surface area contributed by atoms with Crippen molar-refractivity contribution in [1.82, 2.24) is 10.6 Å². The van der Waals surface area contributed by atoms with Crippen LogP contribution in [0.4, 0.5) is 10.5 Å². The van der Waals surface area contributed by atoms with E-state index in [1.54, 1.807) is 25.3 Å². The summed E-state index contributed by atoms with van der Waals surface area (Å²) in [6.45, 7) is 6.97. The monoisotopic (exact) mass is 411 g/mol. The molecule has 2 aromatic rings. The van der Waals surface area contributed by atoms with Crippen LogP contribution >= 0.6 is 0 Å². The van der Waals surface area contributed by atoms with Crippen LogP contribution in [0.2, 0.25) is 0 Å². The molecule has 3 N–H and O–H groups in total. The maximum atomic E-state index is 12.5. The third-order valence-corrected chi connectivity index (χ3v) is 4.92. The molecule has 0 aromatic heterocycles. The number of ether oxygens (including phenoxy) is 2. The lowest BCUT2D eigenvalue weighted by atomic mass is 10.0. The molecule has 3 amide bonds. The van der Waals surface area contributed by atoms with Gasteiger partial charge in [0.1, 0.15) is 18.1 Å². The van der Waals surface area contributed by atoms with Crippen LogP contribution in [0.1, 0.15) is 35.3 Å². The van der Waals surface area contributed by atoms with E-state index in [9.17, 15) is 9.59 Å². The number of urea groups is 1. The number of amides is 3. The number of methoxy groups -OCH3 is 1. The summed E-state index contributed by atoms with van der Waals surface area (Å²) in [5, 5.41) is 8.70. The zero-order chi connectivity index (χ0) is 21.7. The summed E-state index contributed by atoms with van der Waals surface area (Å²) in [6, 6.07) is 10.5. The summed E-state index contributed by atoms with van der Waals surface area (Å²) in [4.78, 5) is 24.7. The molecule has 7 heteroatoms. The molecule has 0 bridgehead atoms. The maximum absolute atomic E-state index is 12.5. The van der Waals surface area contributed by atoms with Gasteiger partial charge in [-0.1, -0.05) is 19.9 Å². The molecule has 0 saturated heterocycles. The van der Waals surface area contributed by atoms with Crippen molar-refractivity contribution in [1.29, 1.82) is 0 Å². The molecule has 3 rings (SSSR count). The van der Waals surface area contributed by atoms with Gasteiger partial charge in [-0.05, 0) is 54.7 Å². The summed E-state index contributed by atoms with van der Waals surface area (Å²) >= 11 is 0. The topological polar surface area (TPSA) is 88.7 Å². The Morgan fingerprint density at radius 2 is 2.00 bits per heavy atom. The Balaban J connectivity index is 1.56. The number of aryl methyl sites for hydroxylation is 1. The van der Waals surface area contributed by atoms with Crippen LogP contribution in [0.3, 0.4) is 0 Å². The van der Waals surface area contributed by atoms with E-state index in [4.69, 9.17) is 9.47 Å². The number of hydrogen-bond acceptors (Lipinski definition) is 4. The first-order valence-corrected chi connectivity index (χ1v) is 10.1. The van der Waals surface area contributed by atoms with E-state index in [1.807, 2.05) is 39.0 Å². The van der Waals surface area contributed by atoms with Gasteiger partial charge in [0, 0.05) is 23.9 Å². The molecule has 1 heterocycles. The van der Waals surface area contributed by atoms with E-state index in [0.717, 1.165) is 22.6 Å². The summed E-state index contributed by atoms with van der Waals surface area (Å²) in [5.41, 5.74) is 3.08. The minimum absolute atomic E-state index is 0.113.